The molecule has 1 heterocycles. The molecule has 0 amide bonds. The largest absolute Gasteiger partial charge is 0.481 e. The van der Waals surface area contributed by atoms with E-state index in [0.717, 1.165) is 19.3 Å². The average Bonchev–Trinajstić information content (AvgIpc) is 3.04. The number of carbonyl (C=O) groups is 2. The summed E-state index contributed by atoms with van der Waals surface area (Å²) >= 11 is 0. The van der Waals surface area contributed by atoms with E-state index in [1.54, 1.807) is 12.3 Å². The van der Waals surface area contributed by atoms with Crippen molar-refractivity contribution in [2.75, 3.05) is 0 Å². The van der Waals surface area contributed by atoms with Gasteiger partial charge in [-0.1, -0.05) is 108 Å². The van der Waals surface area contributed by atoms with E-state index in [9.17, 15) is 14.7 Å². The van der Waals surface area contributed by atoms with Crippen molar-refractivity contribution in [1.82, 2.24) is 4.98 Å². The second kappa shape index (κ2) is 20.7. The molecule has 0 radical (unpaired) electrons. The van der Waals surface area contributed by atoms with Crippen LogP contribution < -0.4 is 0 Å². The lowest BCUT2D eigenvalue weighted by Gasteiger charge is -2.47. The standard InChI is InChI=1S/C46H84FNO6Si3/c1-21-36(42(51)46(13,14)39(32-40(49)50)53-56(17,18)44(7,8)9)41(54-57(19,20)45(10,11)12)34(3)26-24-25-33(2)28-29-38(52-55(15,16)43(4,5)6)37(47)31-35-27-22-23-30-48-35/h22-23,27-28,30-31,34,36,38-39,41H,21,24-26,29,32H2,1-20H3,(H,49,50)/b33-28+,37-31-/t34-,36+,38-,39-,41-/m0/s1. The van der Waals surface area contributed by atoms with Gasteiger partial charge in [-0.05, 0) is 118 Å². The van der Waals surface area contributed by atoms with Crippen molar-refractivity contribution in [1.29, 1.82) is 0 Å². The number of carboxylic acids is 1. The van der Waals surface area contributed by atoms with E-state index in [1.807, 2.05) is 32.9 Å². The van der Waals surface area contributed by atoms with Crippen molar-refractivity contribution < 1.29 is 32.4 Å². The summed E-state index contributed by atoms with van der Waals surface area (Å²) in [6.45, 7) is 42.6. The first kappa shape index (κ1) is 53.2. The van der Waals surface area contributed by atoms with Crippen LogP contribution in [0.4, 0.5) is 4.39 Å². The molecule has 1 rings (SSSR count). The molecule has 1 N–H and O–H groups in total. The molecular weight excluding hydrogens is 766 g/mol. The molecule has 0 unspecified atom stereocenters. The summed E-state index contributed by atoms with van der Waals surface area (Å²) in [5, 5.41) is 9.73. The second-order valence-corrected chi connectivity index (χ2v) is 36.0. The number of aromatic nitrogens is 1. The summed E-state index contributed by atoms with van der Waals surface area (Å²) in [6.07, 6.45) is 6.79. The molecule has 5 atom stereocenters. The van der Waals surface area contributed by atoms with Gasteiger partial charge >= 0.3 is 5.97 Å². The van der Waals surface area contributed by atoms with E-state index in [2.05, 4.69) is 127 Å². The van der Waals surface area contributed by atoms with Crippen molar-refractivity contribution in [3.63, 3.8) is 0 Å². The smallest absolute Gasteiger partial charge is 0.305 e. The number of carboxylic acid groups (broad SMARTS) is 1. The lowest BCUT2D eigenvalue weighted by molar-refractivity contribution is -0.147. The lowest BCUT2D eigenvalue weighted by atomic mass is 9.71. The molecule has 0 aliphatic heterocycles. The number of halogens is 1. The highest BCUT2D eigenvalue weighted by atomic mass is 28.4. The van der Waals surface area contributed by atoms with Gasteiger partial charge in [0.1, 0.15) is 17.7 Å². The summed E-state index contributed by atoms with van der Waals surface area (Å²) in [5.74, 6) is -1.65. The number of aliphatic carboxylic acids is 1. The monoisotopic (exact) mass is 850 g/mol. The van der Waals surface area contributed by atoms with Crippen molar-refractivity contribution >= 4 is 42.8 Å². The molecular formula is C46H84FNO6Si3. The Balaban J connectivity index is 3.44. The van der Waals surface area contributed by atoms with Crippen molar-refractivity contribution in [2.45, 2.75) is 208 Å². The van der Waals surface area contributed by atoms with Crippen molar-refractivity contribution in [2.24, 2.45) is 17.3 Å². The summed E-state index contributed by atoms with van der Waals surface area (Å²) in [4.78, 5) is 31.4. The highest BCUT2D eigenvalue weighted by Crippen LogP contribution is 2.45. The molecule has 0 fully saturated rings. The SMILES string of the molecule is CC[C@@H](C(=O)C(C)(C)[C@H](CC(=O)O)O[Si](C)(C)C(C)(C)C)[C@@H](O[Si](C)(C)C(C)(C)C)[C@@H](C)CCC/C(C)=C/C[C@H](O[Si](C)(C)C(C)(C)C)/C(F)=C/c1ccccn1. The third kappa shape index (κ3) is 15.6. The fourth-order valence-corrected chi connectivity index (χ4v) is 10.3. The van der Waals surface area contributed by atoms with E-state index in [0.29, 0.717) is 18.5 Å². The zero-order valence-electron chi connectivity index (χ0n) is 39.9. The van der Waals surface area contributed by atoms with Crippen LogP contribution in [0.5, 0.6) is 0 Å². The number of Topliss-reactive ketones (excluding diaryl/α,β-unsaturated/α-hetero) is 1. The molecule has 11 heteroatoms. The molecule has 0 saturated heterocycles. The van der Waals surface area contributed by atoms with E-state index < -0.39 is 54.5 Å². The van der Waals surface area contributed by atoms with Crippen LogP contribution in [0.3, 0.4) is 0 Å². The quantitative estimate of drug-likeness (QED) is 0.0917. The maximum Gasteiger partial charge on any atom is 0.305 e. The first-order chi connectivity index (χ1) is 25.6. The summed E-state index contributed by atoms with van der Waals surface area (Å²) < 4.78 is 36.5. The van der Waals surface area contributed by atoms with Gasteiger partial charge in [-0.3, -0.25) is 14.6 Å². The normalized spacial score (nSPS) is 17.2. The number of ketones is 1. The topological polar surface area (TPSA) is 95.0 Å². The van der Waals surface area contributed by atoms with Crippen LogP contribution >= 0.6 is 0 Å². The van der Waals surface area contributed by atoms with E-state index >= 15 is 4.39 Å². The van der Waals surface area contributed by atoms with Crippen LogP contribution in [-0.2, 0) is 22.9 Å². The van der Waals surface area contributed by atoms with Gasteiger partial charge in [0.2, 0.25) is 0 Å². The van der Waals surface area contributed by atoms with Crippen molar-refractivity contribution in [3.05, 3.63) is 47.6 Å². The first-order valence-electron chi connectivity index (χ1n) is 21.3. The minimum Gasteiger partial charge on any atom is -0.481 e. The summed E-state index contributed by atoms with van der Waals surface area (Å²) in [7, 11) is -7.02. The van der Waals surface area contributed by atoms with Gasteiger partial charge in [-0.2, -0.15) is 0 Å². The molecule has 1 aromatic heterocycles. The number of allylic oxidation sites excluding steroid dienone is 1. The maximum atomic E-state index is 15.9. The average molecular weight is 850 g/mol. The molecule has 328 valence electrons. The molecule has 0 aliphatic rings. The molecule has 0 spiro atoms. The van der Waals surface area contributed by atoms with Gasteiger partial charge in [0.25, 0.3) is 0 Å². The van der Waals surface area contributed by atoms with Gasteiger partial charge in [0, 0.05) is 17.5 Å². The molecule has 0 saturated carbocycles. The number of carbonyl (C=O) groups excluding carboxylic acids is 1. The fourth-order valence-electron chi connectivity index (χ4n) is 6.17. The van der Waals surface area contributed by atoms with E-state index in [4.69, 9.17) is 13.3 Å². The van der Waals surface area contributed by atoms with Gasteiger partial charge < -0.3 is 18.4 Å². The number of pyridine rings is 1. The Bertz CT molecular complexity index is 1500. The van der Waals surface area contributed by atoms with E-state index in [1.165, 1.54) is 11.6 Å². The van der Waals surface area contributed by atoms with Gasteiger partial charge in [0.15, 0.2) is 25.0 Å². The molecule has 0 aliphatic carbocycles. The van der Waals surface area contributed by atoms with Crippen LogP contribution in [0.1, 0.15) is 141 Å². The minimum atomic E-state index is -2.41. The first-order valence-corrected chi connectivity index (χ1v) is 30.1. The van der Waals surface area contributed by atoms with Gasteiger partial charge in [-0.25, -0.2) is 4.39 Å². The molecule has 0 bridgehead atoms. The Morgan fingerprint density at radius 3 is 1.81 bits per heavy atom. The van der Waals surface area contributed by atoms with Crippen LogP contribution in [0, 0.1) is 17.3 Å². The fraction of sp³-hybridized carbons (Fsp3) is 0.761. The Labute approximate surface area is 351 Å². The Hall–Kier alpha value is -1.77. The number of nitrogens with zero attached hydrogens (tertiary/aromatic N) is 1. The number of rotatable bonds is 22. The Morgan fingerprint density at radius 1 is 0.842 bits per heavy atom. The van der Waals surface area contributed by atoms with Gasteiger partial charge in [-0.15, -0.1) is 0 Å². The third-order valence-corrected chi connectivity index (χ3v) is 26.9. The van der Waals surface area contributed by atoms with Crippen molar-refractivity contribution in [3.8, 4) is 0 Å². The predicted octanol–water partition coefficient (Wildman–Crippen LogP) is 13.8. The Morgan fingerprint density at radius 2 is 1.35 bits per heavy atom. The zero-order chi connectivity index (χ0) is 44.6. The van der Waals surface area contributed by atoms with Gasteiger partial charge in [0.05, 0.1) is 24.3 Å². The molecule has 57 heavy (non-hydrogen) atoms. The third-order valence-electron chi connectivity index (χ3n) is 13.4. The number of hydrogen-bond donors (Lipinski definition) is 1. The van der Waals surface area contributed by atoms with Crippen LogP contribution in [-0.4, -0.2) is 65.1 Å². The Kier molecular flexibility index (Phi) is 19.3. The highest BCUT2D eigenvalue weighted by Gasteiger charge is 2.50. The molecule has 7 nitrogen and oxygen atoms in total. The van der Waals surface area contributed by atoms with Crippen LogP contribution in [0.15, 0.2) is 41.9 Å². The summed E-state index contributed by atoms with van der Waals surface area (Å²) in [6, 6.07) is 5.46. The van der Waals surface area contributed by atoms with E-state index in [-0.39, 0.29) is 45.2 Å². The maximum absolute atomic E-state index is 15.9. The minimum absolute atomic E-state index is 0.00940. The number of hydrogen-bond acceptors (Lipinski definition) is 6. The van der Waals surface area contributed by atoms with Crippen LogP contribution in [0.2, 0.25) is 54.4 Å². The summed E-state index contributed by atoms with van der Waals surface area (Å²) in [5.41, 5.74) is 0.685. The molecule has 0 aromatic carbocycles. The molecule has 1 aromatic rings. The second-order valence-electron chi connectivity index (χ2n) is 21.7. The predicted molar refractivity (Wildman–Crippen MR) is 246 cm³/mol. The zero-order valence-corrected chi connectivity index (χ0v) is 42.9. The van der Waals surface area contributed by atoms with Crippen LogP contribution in [0.25, 0.3) is 6.08 Å². The highest BCUT2D eigenvalue weighted by molar-refractivity contribution is 6.75. The lowest BCUT2D eigenvalue weighted by Crippen LogP contribution is -2.54.